The van der Waals surface area contributed by atoms with Crippen molar-refractivity contribution in [1.29, 1.82) is 0 Å². The molecule has 1 N–H and O–H groups in total. The highest BCUT2D eigenvalue weighted by Crippen LogP contribution is 2.34. The first-order chi connectivity index (χ1) is 13.2. The van der Waals surface area contributed by atoms with Gasteiger partial charge in [0.15, 0.2) is 6.61 Å². The van der Waals surface area contributed by atoms with Gasteiger partial charge in [-0.15, -0.1) is 0 Å². The fourth-order valence-electron chi connectivity index (χ4n) is 3.78. The van der Waals surface area contributed by atoms with Gasteiger partial charge >= 0.3 is 0 Å². The zero-order valence-electron chi connectivity index (χ0n) is 16.5. The Balaban J connectivity index is 1.80. The minimum Gasteiger partial charge on any atom is -0.482 e. The van der Waals surface area contributed by atoms with Gasteiger partial charge in [-0.3, -0.25) is 9.59 Å². The molecule has 0 bridgehead atoms. The van der Waals surface area contributed by atoms with Crippen molar-refractivity contribution in [2.45, 2.75) is 50.5 Å². The van der Waals surface area contributed by atoms with Crippen molar-refractivity contribution >= 4 is 27.5 Å². The van der Waals surface area contributed by atoms with Crippen molar-refractivity contribution in [3.63, 3.8) is 0 Å². The molecule has 0 saturated carbocycles. The number of hydrogen-bond donors (Lipinski definition) is 1. The van der Waals surface area contributed by atoms with E-state index in [1.54, 1.807) is 13.0 Å². The number of likely N-dealkylation sites (N-methyl/N-ethyl adjacent to an activating group) is 1. The van der Waals surface area contributed by atoms with Crippen molar-refractivity contribution in [3.8, 4) is 5.75 Å². The molecule has 0 spiro atoms. The number of nitrogens with zero attached hydrogens (tertiary/aromatic N) is 2. The van der Waals surface area contributed by atoms with E-state index in [4.69, 9.17) is 4.74 Å². The number of likely N-dealkylation sites (tertiary alicyclic amines) is 1. The van der Waals surface area contributed by atoms with Crippen molar-refractivity contribution in [2.24, 2.45) is 0 Å². The minimum atomic E-state index is -3.88. The second-order valence-electron chi connectivity index (χ2n) is 7.36. The fraction of sp³-hybridized carbons (Fsp3) is 0.579. The summed E-state index contributed by atoms with van der Waals surface area (Å²) in [5.74, 6) is -0.139. The van der Waals surface area contributed by atoms with E-state index in [-0.39, 0.29) is 35.9 Å². The molecular formula is C19H27N3O5S. The van der Waals surface area contributed by atoms with Gasteiger partial charge < -0.3 is 15.0 Å². The molecule has 154 valence electrons. The smallest absolute Gasteiger partial charge is 0.262 e. The van der Waals surface area contributed by atoms with E-state index in [2.05, 4.69) is 5.32 Å². The Morgan fingerprint density at radius 1 is 1.36 bits per heavy atom. The summed E-state index contributed by atoms with van der Waals surface area (Å²) in [6.45, 7) is 4.02. The second-order valence-corrected chi connectivity index (χ2v) is 9.37. The number of rotatable bonds is 5. The SMILES string of the molecule is CCC1CCCCN1C(=O)CN(C)S(=O)(=O)c1cc2c(cc1C)NC(=O)CO2. The van der Waals surface area contributed by atoms with Gasteiger partial charge in [0.2, 0.25) is 15.9 Å². The molecular weight excluding hydrogens is 382 g/mol. The molecule has 0 aromatic heterocycles. The van der Waals surface area contributed by atoms with E-state index in [1.165, 1.54) is 13.1 Å². The largest absolute Gasteiger partial charge is 0.482 e. The Labute approximate surface area is 165 Å². The first-order valence-corrected chi connectivity index (χ1v) is 11.0. The number of anilines is 1. The molecule has 1 fully saturated rings. The maximum Gasteiger partial charge on any atom is 0.262 e. The van der Waals surface area contributed by atoms with Crippen LogP contribution >= 0.6 is 0 Å². The predicted octanol–water partition coefficient (Wildman–Crippen LogP) is 1.74. The zero-order valence-corrected chi connectivity index (χ0v) is 17.3. The van der Waals surface area contributed by atoms with Crippen LogP contribution in [-0.4, -0.2) is 62.2 Å². The maximum absolute atomic E-state index is 13.1. The van der Waals surface area contributed by atoms with Gasteiger partial charge in [-0.05, 0) is 44.2 Å². The highest BCUT2D eigenvalue weighted by atomic mass is 32.2. The van der Waals surface area contributed by atoms with E-state index in [0.717, 1.165) is 30.0 Å². The lowest BCUT2D eigenvalue weighted by atomic mass is 10.00. The Morgan fingerprint density at radius 2 is 2.11 bits per heavy atom. The highest BCUT2D eigenvalue weighted by molar-refractivity contribution is 7.89. The van der Waals surface area contributed by atoms with E-state index in [9.17, 15) is 18.0 Å². The Morgan fingerprint density at radius 3 is 2.82 bits per heavy atom. The molecule has 9 heteroatoms. The van der Waals surface area contributed by atoms with E-state index in [0.29, 0.717) is 23.5 Å². The van der Waals surface area contributed by atoms with Crippen LogP contribution in [0.2, 0.25) is 0 Å². The van der Waals surface area contributed by atoms with Gasteiger partial charge in [-0.1, -0.05) is 6.92 Å². The van der Waals surface area contributed by atoms with Crippen LogP contribution < -0.4 is 10.1 Å². The van der Waals surface area contributed by atoms with E-state index in [1.807, 2.05) is 11.8 Å². The number of ether oxygens (including phenoxy) is 1. The lowest BCUT2D eigenvalue weighted by Crippen LogP contribution is -2.48. The number of aryl methyl sites for hydroxylation is 1. The molecule has 0 aliphatic carbocycles. The van der Waals surface area contributed by atoms with Crippen molar-refractivity contribution in [3.05, 3.63) is 17.7 Å². The number of fused-ring (bicyclic) bond motifs is 1. The van der Waals surface area contributed by atoms with Crippen molar-refractivity contribution in [1.82, 2.24) is 9.21 Å². The van der Waals surface area contributed by atoms with Crippen LogP contribution in [0.1, 0.15) is 38.2 Å². The molecule has 1 unspecified atom stereocenters. The average Bonchev–Trinajstić information content (AvgIpc) is 2.66. The van der Waals surface area contributed by atoms with Gasteiger partial charge in [0.1, 0.15) is 5.75 Å². The summed E-state index contributed by atoms with van der Waals surface area (Å²) < 4.78 is 32.6. The summed E-state index contributed by atoms with van der Waals surface area (Å²) in [5, 5.41) is 2.66. The number of piperidine rings is 1. The number of hydrogen-bond acceptors (Lipinski definition) is 5. The van der Waals surface area contributed by atoms with Crippen LogP contribution in [0.4, 0.5) is 5.69 Å². The number of carbonyl (C=O) groups is 2. The third-order valence-corrected chi connectivity index (χ3v) is 7.32. The first-order valence-electron chi connectivity index (χ1n) is 9.57. The topological polar surface area (TPSA) is 96.0 Å². The van der Waals surface area contributed by atoms with Crippen LogP contribution in [0.15, 0.2) is 17.0 Å². The summed E-state index contributed by atoms with van der Waals surface area (Å²) in [5.41, 5.74) is 0.929. The standard InChI is InChI=1S/C19H27N3O5S/c1-4-14-7-5-6-8-22(14)19(24)11-21(3)28(25,26)17-10-16-15(9-13(17)2)20-18(23)12-27-16/h9-10,14H,4-8,11-12H2,1-3H3,(H,20,23). The number of sulfonamides is 1. The van der Waals surface area contributed by atoms with Gasteiger partial charge in [0.25, 0.3) is 5.91 Å². The summed E-state index contributed by atoms with van der Waals surface area (Å²) >= 11 is 0. The fourth-order valence-corrected chi connectivity index (χ4v) is 5.12. The quantitative estimate of drug-likeness (QED) is 0.799. The molecule has 1 aromatic rings. The molecule has 1 saturated heterocycles. The van der Waals surface area contributed by atoms with Crippen molar-refractivity contribution in [2.75, 3.05) is 32.1 Å². The summed E-state index contributed by atoms with van der Waals surface area (Å²) in [4.78, 5) is 26.1. The van der Waals surface area contributed by atoms with E-state index >= 15 is 0 Å². The first kappa shape index (κ1) is 20.6. The lowest BCUT2D eigenvalue weighted by molar-refractivity contribution is -0.135. The molecule has 28 heavy (non-hydrogen) atoms. The minimum absolute atomic E-state index is 0.0726. The third-order valence-electron chi connectivity index (χ3n) is 5.37. The van der Waals surface area contributed by atoms with Crippen LogP contribution in [0.25, 0.3) is 0 Å². The van der Waals surface area contributed by atoms with Crippen molar-refractivity contribution < 1.29 is 22.7 Å². The van der Waals surface area contributed by atoms with Gasteiger partial charge in [0.05, 0.1) is 17.1 Å². The highest BCUT2D eigenvalue weighted by Gasteiger charge is 2.31. The molecule has 0 radical (unpaired) electrons. The van der Waals surface area contributed by atoms with Crippen LogP contribution in [0.3, 0.4) is 0 Å². The van der Waals surface area contributed by atoms with Gasteiger partial charge in [0, 0.05) is 25.7 Å². The van der Waals surface area contributed by atoms with Gasteiger partial charge in [-0.2, -0.15) is 4.31 Å². The summed E-state index contributed by atoms with van der Waals surface area (Å²) in [6, 6.07) is 3.17. The molecule has 1 aromatic carbocycles. The maximum atomic E-state index is 13.1. The van der Waals surface area contributed by atoms with Crippen LogP contribution in [-0.2, 0) is 19.6 Å². The third kappa shape index (κ3) is 4.00. The molecule has 2 amide bonds. The lowest BCUT2D eigenvalue weighted by Gasteiger charge is -2.36. The summed E-state index contributed by atoms with van der Waals surface area (Å²) in [7, 11) is -2.47. The number of carbonyl (C=O) groups excluding carboxylic acids is 2. The number of nitrogens with one attached hydrogen (secondary N) is 1. The molecule has 2 aliphatic heterocycles. The molecule has 3 rings (SSSR count). The molecule has 2 aliphatic rings. The predicted molar refractivity (Wildman–Crippen MR) is 105 cm³/mol. The Bertz CT molecular complexity index is 884. The Kier molecular flexibility index (Phi) is 5.95. The average molecular weight is 410 g/mol. The van der Waals surface area contributed by atoms with Crippen LogP contribution in [0.5, 0.6) is 5.75 Å². The number of amides is 2. The van der Waals surface area contributed by atoms with E-state index < -0.39 is 10.0 Å². The molecule has 2 heterocycles. The van der Waals surface area contributed by atoms with Gasteiger partial charge in [-0.25, -0.2) is 8.42 Å². The van der Waals surface area contributed by atoms with Crippen LogP contribution in [0, 0.1) is 6.92 Å². The number of benzene rings is 1. The zero-order chi connectivity index (χ0) is 20.5. The normalized spacial score (nSPS) is 19.8. The Hall–Kier alpha value is -2.13. The molecule has 1 atom stereocenters. The second kappa shape index (κ2) is 8.08. The summed E-state index contributed by atoms with van der Waals surface area (Å²) in [6.07, 6.45) is 3.88. The monoisotopic (exact) mass is 409 g/mol. The molecule has 8 nitrogen and oxygen atoms in total.